The van der Waals surface area contributed by atoms with E-state index < -0.39 is 4.92 Å². The Kier molecular flexibility index (Phi) is 7.71. The molecule has 1 aromatic carbocycles. The molecular formula is C15H24N2O4. The van der Waals surface area contributed by atoms with Crippen molar-refractivity contribution in [2.75, 3.05) is 13.2 Å². The van der Waals surface area contributed by atoms with Gasteiger partial charge in [0.15, 0.2) is 0 Å². The number of benzene rings is 1. The zero-order valence-electron chi connectivity index (χ0n) is 12.7. The van der Waals surface area contributed by atoms with Gasteiger partial charge in [0, 0.05) is 36.9 Å². The second kappa shape index (κ2) is 9.31. The van der Waals surface area contributed by atoms with E-state index in [4.69, 9.17) is 9.84 Å². The quantitative estimate of drug-likeness (QED) is 0.394. The van der Waals surface area contributed by atoms with Crippen LogP contribution in [0.5, 0.6) is 5.75 Å². The van der Waals surface area contributed by atoms with Gasteiger partial charge in [-0.3, -0.25) is 10.1 Å². The molecule has 0 heterocycles. The van der Waals surface area contributed by atoms with Crippen LogP contribution in [-0.2, 0) is 6.54 Å². The van der Waals surface area contributed by atoms with Crippen molar-refractivity contribution < 1.29 is 14.8 Å². The second-order valence-corrected chi connectivity index (χ2v) is 5.22. The summed E-state index contributed by atoms with van der Waals surface area (Å²) < 4.78 is 5.71. The minimum Gasteiger partial charge on any atom is -0.493 e. The van der Waals surface area contributed by atoms with Crippen molar-refractivity contribution in [2.45, 2.75) is 45.7 Å². The molecule has 0 aliphatic carbocycles. The van der Waals surface area contributed by atoms with Gasteiger partial charge in [0.2, 0.25) is 0 Å². The summed E-state index contributed by atoms with van der Waals surface area (Å²) in [7, 11) is 0. The highest BCUT2D eigenvalue weighted by Gasteiger charge is 2.12. The molecule has 1 rings (SSSR count). The number of hydrogen-bond donors (Lipinski definition) is 2. The molecule has 0 saturated carbocycles. The molecule has 0 atom stereocenters. The highest BCUT2D eigenvalue weighted by atomic mass is 16.6. The van der Waals surface area contributed by atoms with Gasteiger partial charge in [0.05, 0.1) is 11.5 Å². The molecule has 0 saturated heterocycles. The Labute approximate surface area is 125 Å². The summed E-state index contributed by atoms with van der Waals surface area (Å²) in [6.45, 7) is 5.32. The first kappa shape index (κ1) is 17.4. The van der Waals surface area contributed by atoms with Gasteiger partial charge < -0.3 is 15.2 Å². The number of nitro benzene ring substituents is 1. The molecule has 1 aromatic rings. The minimum absolute atomic E-state index is 0.0724. The number of rotatable bonds is 10. The summed E-state index contributed by atoms with van der Waals surface area (Å²) >= 11 is 0. The number of aliphatic hydroxyl groups excluding tert-OH is 1. The standard InChI is InChI=1S/C15H24N2O4/c1-12(2)16-11-13-10-14(17(19)20)6-7-15(13)21-9-5-3-4-8-18/h6-7,10,12,16,18H,3-5,8-9,11H2,1-2H3. The fraction of sp³-hybridized carbons (Fsp3) is 0.600. The molecule has 0 aromatic heterocycles. The first-order chi connectivity index (χ1) is 10.0. The number of hydrogen-bond acceptors (Lipinski definition) is 5. The Morgan fingerprint density at radius 3 is 2.71 bits per heavy atom. The van der Waals surface area contributed by atoms with Crippen LogP contribution in [0, 0.1) is 10.1 Å². The van der Waals surface area contributed by atoms with E-state index in [1.165, 1.54) is 6.07 Å². The molecule has 0 unspecified atom stereocenters. The van der Waals surface area contributed by atoms with Gasteiger partial charge in [-0.1, -0.05) is 13.8 Å². The number of nitro groups is 1. The van der Waals surface area contributed by atoms with E-state index in [0.717, 1.165) is 24.8 Å². The lowest BCUT2D eigenvalue weighted by molar-refractivity contribution is -0.384. The van der Waals surface area contributed by atoms with Gasteiger partial charge in [-0.25, -0.2) is 0 Å². The summed E-state index contributed by atoms with van der Waals surface area (Å²) in [4.78, 5) is 10.5. The maximum absolute atomic E-state index is 10.9. The SMILES string of the molecule is CC(C)NCc1cc([N+](=O)[O-])ccc1OCCCCCO. The van der Waals surface area contributed by atoms with E-state index in [1.54, 1.807) is 12.1 Å². The minimum atomic E-state index is -0.399. The average Bonchev–Trinajstić information content (AvgIpc) is 2.45. The molecule has 0 aliphatic heterocycles. The summed E-state index contributed by atoms with van der Waals surface area (Å²) in [6, 6.07) is 4.96. The van der Waals surface area contributed by atoms with Crippen LogP contribution < -0.4 is 10.1 Å². The summed E-state index contributed by atoms with van der Waals surface area (Å²) in [5.74, 6) is 0.678. The molecule has 6 heteroatoms. The Morgan fingerprint density at radius 2 is 2.10 bits per heavy atom. The number of aliphatic hydroxyl groups is 1. The van der Waals surface area contributed by atoms with Crippen molar-refractivity contribution in [1.29, 1.82) is 0 Å². The van der Waals surface area contributed by atoms with Gasteiger partial charge in [-0.05, 0) is 25.3 Å². The molecule has 0 aliphatic rings. The van der Waals surface area contributed by atoms with Gasteiger partial charge in [-0.2, -0.15) is 0 Å². The van der Waals surface area contributed by atoms with E-state index in [9.17, 15) is 10.1 Å². The lowest BCUT2D eigenvalue weighted by atomic mass is 10.1. The third-order valence-electron chi connectivity index (χ3n) is 3.02. The predicted octanol–water partition coefficient (Wildman–Crippen LogP) is 2.63. The monoisotopic (exact) mass is 296 g/mol. The molecule has 0 radical (unpaired) electrons. The van der Waals surface area contributed by atoms with Gasteiger partial charge in [0.1, 0.15) is 5.75 Å². The summed E-state index contributed by atoms with van der Waals surface area (Å²) in [5.41, 5.74) is 0.864. The smallest absolute Gasteiger partial charge is 0.270 e. The van der Waals surface area contributed by atoms with Crippen molar-refractivity contribution in [1.82, 2.24) is 5.32 Å². The largest absolute Gasteiger partial charge is 0.493 e. The molecule has 118 valence electrons. The maximum atomic E-state index is 10.9. The third-order valence-corrected chi connectivity index (χ3v) is 3.02. The zero-order chi connectivity index (χ0) is 15.7. The van der Waals surface area contributed by atoms with E-state index >= 15 is 0 Å². The van der Waals surface area contributed by atoms with Crippen LogP contribution in [0.3, 0.4) is 0 Å². The number of non-ortho nitro benzene ring substituents is 1. The van der Waals surface area contributed by atoms with Crippen LogP contribution in [0.2, 0.25) is 0 Å². The Bertz CT molecular complexity index is 449. The zero-order valence-corrected chi connectivity index (χ0v) is 12.7. The number of nitrogens with zero attached hydrogens (tertiary/aromatic N) is 1. The van der Waals surface area contributed by atoms with Crippen LogP contribution in [0.4, 0.5) is 5.69 Å². The number of ether oxygens (including phenoxy) is 1. The van der Waals surface area contributed by atoms with Crippen molar-refractivity contribution in [3.05, 3.63) is 33.9 Å². The molecule has 0 spiro atoms. The average molecular weight is 296 g/mol. The first-order valence-electron chi connectivity index (χ1n) is 7.29. The Balaban J connectivity index is 2.68. The predicted molar refractivity (Wildman–Crippen MR) is 81.5 cm³/mol. The van der Waals surface area contributed by atoms with Gasteiger partial charge >= 0.3 is 0 Å². The van der Waals surface area contributed by atoms with Crippen molar-refractivity contribution in [3.8, 4) is 5.75 Å². The molecular weight excluding hydrogens is 272 g/mol. The Hall–Kier alpha value is -1.66. The topological polar surface area (TPSA) is 84.6 Å². The van der Waals surface area contributed by atoms with Crippen LogP contribution in [0.1, 0.15) is 38.7 Å². The highest BCUT2D eigenvalue weighted by molar-refractivity contribution is 5.43. The van der Waals surface area contributed by atoms with Crippen LogP contribution in [0.15, 0.2) is 18.2 Å². The van der Waals surface area contributed by atoms with Crippen molar-refractivity contribution >= 4 is 5.69 Å². The van der Waals surface area contributed by atoms with Crippen molar-refractivity contribution in [3.63, 3.8) is 0 Å². The maximum Gasteiger partial charge on any atom is 0.270 e. The third kappa shape index (κ3) is 6.55. The fourth-order valence-corrected chi connectivity index (χ4v) is 1.85. The lowest BCUT2D eigenvalue weighted by Gasteiger charge is -2.13. The fourth-order valence-electron chi connectivity index (χ4n) is 1.85. The molecule has 6 nitrogen and oxygen atoms in total. The highest BCUT2D eigenvalue weighted by Crippen LogP contribution is 2.24. The summed E-state index contributed by atoms with van der Waals surface area (Å²) in [5, 5.41) is 22.8. The molecule has 0 bridgehead atoms. The van der Waals surface area contributed by atoms with E-state index in [2.05, 4.69) is 5.32 Å². The number of unbranched alkanes of at least 4 members (excludes halogenated alkanes) is 2. The van der Waals surface area contributed by atoms with Crippen LogP contribution in [0.25, 0.3) is 0 Å². The second-order valence-electron chi connectivity index (χ2n) is 5.22. The molecule has 21 heavy (non-hydrogen) atoms. The lowest BCUT2D eigenvalue weighted by Crippen LogP contribution is -2.22. The van der Waals surface area contributed by atoms with Gasteiger partial charge in [-0.15, -0.1) is 0 Å². The Morgan fingerprint density at radius 1 is 1.33 bits per heavy atom. The van der Waals surface area contributed by atoms with Crippen LogP contribution in [-0.4, -0.2) is 29.3 Å². The molecule has 2 N–H and O–H groups in total. The van der Waals surface area contributed by atoms with Crippen molar-refractivity contribution in [2.24, 2.45) is 0 Å². The summed E-state index contributed by atoms with van der Waals surface area (Å²) in [6.07, 6.45) is 2.53. The van der Waals surface area contributed by atoms with Crippen LogP contribution >= 0.6 is 0 Å². The normalized spacial score (nSPS) is 10.9. The van der Waals surface area contributed by atoms with E-state index in [-0.39, 0.29) is 12.3 Å². The van der Waals surface area contributed by atoms with Gasteiger partial charge in [0.25, 0.3) is 5.69 Å². The number of nitrogens with one attached hydrogen (secondary N) is 1. The van der Waals surface area contributed by atoms with E-state index in [1.807, 2.05) is 13.8 Å². The van der Waals surface area contributed by atoms with E-state index in [0.29, 0.717) is 24.9 Å². The first-order valence-corrected chi connectivity index (χ1v) is 7.29. The molecule has 0 amide bonds. The molecule has 0 fully saturated rings.